The average molecular weight is 586 g/mol. The molecule has 0 atom stereocenters. The zero-order valence-electron chi connectivity index (χ0n) is 20.7. The summed E-state index contributed by atoms with van der Waals surface area (Å²) in [5.41, 5.74) is 4.31. The summed E-state index contributed by atoms with van der Waals surface area (Å²) in [5.74, 6) is 2.15. The van der Waals surface area contributed by atoms with E-state index >= 15 is 0 Å². The molecule has 0 unspecified atom stereocenters. The molecule has 190 valence electrons. The maximum atomic E-state index is 12.6. The number of anilines is 2. The highest BCUT2D eigenvalue weighted by Gasteiger charge is 2.11. The molecule has 5 aromatic rings. The van der Waals surface area contributed by atoms with E-state index in [9.17, 15) is 4.79 Å². The monoisotopic (exact) mass is 584 g/mol. The molecule has 0 radical (unpaired) electrons. The quantitative estimate of drug-likeness (QED) is 0.0624. The average Bonchev–Trinajstić information content (AvgIpc) is 3.34. The van der Waals surface area contributed by atoms with Crippen molar-refractivity contribution in [3.8, 4) is 0 Å². The summed E-state index contributed by atoms with van der Waals surface area (Å²) in [5, 5.41) is 8.76. The first kappa shape index (κ1) is 25.8. The highest BCUT2D eigenvalue weighted by Crippen LogP contribution is 2.22. The fourth-order valence-corrected chi connectivity index (χ4v) is 4.96. The van der Waals surface area contributed by atoms with E-state index in [0.717, 1.165) is 40.4 Å². The van der Waals surface area contributed by atoms with Gasteiger partial charge in [0.25, 0.3) is 5.78 Å². The van der Waals surface area contributed by atoms with Gasteiger partial charge in [-0.15, -0.1) is 5.10 Å². The van der Waals surface area contributed by atoms with E-state index in [-0.39, 0.29) is 5.78 Å². The van der Waals surface area contributed by atoms with E-state index in [2.05, 4.69) is 65.6 Å². The molecule has 0 aliphatic carbocycles. The largest absolute Gasteiger partial charge is 0.340 e. The minimum atomic E-state index is -0.0920. The Hall–Kier alpha value is -3.82. The Kier molecular flexibility index (Phi) is 8.25. The number of allylic oxidation sites excluding steroid dienone is 1. The Labute approximate surface area is 233 Å². The number of rotatable bonds is 10. The van der Waals surface area contributed by atoms with E-state index in [1.807, 2.05) is 49.4 Å². The lowest BCUT2D eigenvalue weighted by Gasteiger charge is -2.09. The molecule has 3 heterocycles. The van der Waals surface area contributed by atoms with Gasteiger partial charge in [-0.3, -0.25) is 4.79 Å². The molecule has 5 rings (SSSR count). The standard InChI is InChI=1S/C29H25BrN6OS/c1-20-19-27(36-28(31-20)34-29(35-36)38-18-6-9-21-7-3-2-4-8-21)33-24-14-12-22(13-15-24)25(37)17-16-23-10-5-11-26(30)32-23/h2-5,7-8,10-17,19,33H,6,9,18H2,1H3/b17-16+. The van der Waals surface area contributed by atoms with Crippen LogP contribution in [0.4, 0.5) is 11.5 Å². The first-order valence-corrected chi connectivity index (χ1v) is 13.9. The SMILES string of the molecule is Cc1cc(Nc2ccc(C(=O)/C=C/c3cccc(Br)n3)cc2)n2nc(SCCCc3ccccc3)nc2n1. The van der Waals surface area contributed by atoms with E-state index in [1.165, 1.54) is 11.6 Å². The highest BCUT2D eigenvalue weighted by atomic mass is 79.9. The maximum Gasteiger partial charge on any atom is 0.255 e. The fourth-order valence-electron chi connectivity index (χ4n) is 3.84. The van der Waals surface area contributed by atoms with Gasteiger partial charge in [-0.2, -0.15) is 9.50 Å². The van der Waals surface area contributed by atoms with Crippen molar-refractivity contribution in [2.75, 3.05) is 11.1 Å². The lowest BCUT2D eigenvalue weighted by atomic mass is 10.1. The van der Waals surface area contributed by atoms with Crippen LogP contribution in [-0.4, -0.2) is 36.1 Å². The zero-order valence-corrected chi connectivity index (χ0v) is 23.1. The molecule has 0 amide bonds. The van der Waals surface area contributed by atoms with Crippen molar-refractivity contribution < 1.29 is 4.79 Å². The molecular weight excluding hydrogens is 560 g/mol. The van der Waals surface area contributed by atoms with Gasteiger partial charge >= 0.3 is 0 Å². The molecule has 0 aliphatic heterocycles. The van der Waals surface area contributed by atoms with E-state index in [1.54, 1.807) is 34.5 Å². The number of carbonyl (C=O) groups is 1. The number of hydrogen-bond acceptors (Lipinski definition) is 7. The van der Waals surface area contributed by atoms with Crippen LogP contribution in [0.15, 0.2) is 94.7 Å². The molecule has 0 aliphatic rings. The second-order valence-electron chi connectivity index (χ2n) is 8.61. The molecule has 1 N–H and O–H groups in total. The minimum Gasteiger partial charge on any atom is -0.340 e. The van der Waals surface area contributed by atoms with Crippen LogP contribution in [0.1, 0.15) is 33.7 Å². The number of nitrogens with one attached hydrogen (secondary N) is 1. The van der Waals surface area contributed by atoms with Gasteiger partial charge in [0.1, 0.15) is 10.4 Å². The predicted molar refractivity (Wildman–Crippen MR) is 156 cm³/mol. The topological polar surface area (TPSA) is 85.1 Å². The summed E-state index contributed by atoms with van der Waals surface area (Å²) >= 11 is 4.97. The molecule has 7 nitrogen and oxygen atoms in total. The number of nitrogens with zero attached hydrogens (tertiary/aromatic N) is 5. The zero-order chi connectivity index (χ0) is 26.3. The summed E-state index contributed by atoms with van der Waals surface area (Å²) in [6, 6.07) is 25.3. The summed E-state index contributed by atoms with van der Waals surface area (Å²) in [7, 11) is 0. The van der Waals surface area contributed by atoms with Crippen LogP contribution in [-0.2, 0) is 6.42 Å². The number of ketones is 1. The van der Waals surface area contributed by atoms with E-state index < -0.39 is 0 Å². The second kappa shape index (κ2) is 12.1. The molecule has 38 heavy (non-hydrogen) atoms. The van der Waals surface area contributed by atoms with Gasteiger partial charge < -0.3 is 5.32 Å². The van der Waals surface area contributed by atoms with Crippen molar-refractivity contribution in [2.45, 2.75) is 24.9 Å². The number of carbonyl (C=O) groups excluding carboxylic acids is 1. The molecule has 0 bridgehead atoms. The lowest BCUT2D eigenvalue weighted by Crippen LogP contribution is -2.03. The number of hydrogen-bond donors (Lipinski definition) is 1. The van der Waals surface area contributed by atoms with Crippen LogP contribution in [0.5, 0.6) is 0 Å². The van der Waals surface area contributed by atoms with Crippen molar-refractivity contribution >= 4 is 56.8 Å². The number of fused-ring (bicyclic) bond motifs is 1. The van der Waals surface area contributed by atoms with Crippen molar-refractivity contribution in [2.24, 2.45) is 0 Å². The van der Waals surface area contributed by atoms with Gasteiger partial charge in [0.05, 0.1) is 5.69 Å². The first-order chi connectivity index (χ1) is 18.5. The minimum absolute atomic E-state index is 0.0920. The molecular formula is C29H25BrN6OS. The maximum absolute atomic E-state index is 12.6. The van der Waals surface area contributed by atoms with Crippen molar-refractivity contribution in [1.82, 2.24) is 24.6 Å². The summed E-state index contributed by atoms with van der Waals surface area (Å²) < 4.78 is 2.45. The Morgan fingerprint density at radius 1 is 1.00 bits per heavy atom. The number of aryl methyl sites for hydroxylation is 2. The van der Waals surface area contributed by atoms with Crippen LogP contribution < -0.4 is 5.32 Å². The van der Waals surface area contributed by atoms with Gasteiger partial charge in [-0.25, -0.2) is 9.97 Å². The van der Waals surface area contributed by atoms with Crippen molar-refractivity contribution in [3.05, 3.63) is 112 Å². The third-order valence-electron chi connectivity index (χ3n) is 5.69. The summed E-state index contributed by atoms with van der Waals surface area (Å²) in [6.07, 6.45) is 5.31. The lowest BCUT2D eigenvalue weighted by molar-refractivity contribution is 0.104. The molecule has 0 saturated heterocycles. The van der Waals surface area contributed by atoms with Crippen LogP contribution >= 0.6 is 27.7 Å². The Morgan fingerprint density at radius 3 is 2.61 bits per heavy atom. The van der Waals surface area contributed by atoms with E-state index in [4.69, 9.17) is 0 Å². The first-order valence-electron chi connectivity index (χ1n) is 12.2. The third-order valence-corrected chi connectivity index (χ3v) is 7.05. The van der Waals surface area contributed by atoms with E-state index in [0.29, 0.717) is 22.2 Å². The second-order valence-corrected chi connectivity index (χ2v) is 10.5. The summed E-state index contributed by atoms with van der Waals surface area (Å²) in [6.45, 7) is 1.93. The van der Waals surface area contributed by atoms with Gasteiger partial charge in [0.15, 0.2) is 5.78 Å². The number of thioether (sulfide) groups is 1. The Bertz CT molecular complexity index is 1580. The van der Waals surface area contributed by atoms with Crippen LogP contribution in [0, 0.1) is 6.92 Å². The van der Waals surface area contributed by atoms with Gasteiger partial charge in [-0.1, -0.05) is 48.2 Å². The summed E-state index contributed by atoms with van der Waals surface area (Å²) in [4.78, 5) is 26.1. The molecule has 3 aromatic heterocycles. The Morgan fingerprint density at radius 2 is 1.82 bits per heavy atom. The molecule has 2 aromatic carbocycles. The number of halogens is 1. The van der Waals surface area contributed by atoms with Crippen molar-refractivity contribution in [1.29, 1.82) is 0 Å². The van der Waals surface area contributed by atoms with Crippen molar-refractivity contribution in [3.63, 3.8) is 0 Å². The predicted octanol–water partition coefficient (Wildman–Crippen LogP) is 6.95. The van der Waals surface area contributed by atoms with Crippen LogP contribution in [0.3, 0.4) is 0 Å². The Balaban J connectivity index is 1.24. The third kappa shape index (κ3) is 6.73. The van der Waals surface area contributed by atoms with Crippen LogP contribution in [0.2, 0.25) is 0 Å². The van der Waals surface area contributed by atoms with Gasteiger partial charge in [0.2, 0.25) is 5.16 Å². The molecule has 0 spiro atoms. The fraction of sp³-hybridized carbons (Fsp3) is 0.138. The number of pyridine rings is 1. The smallest absolute Gasteiger partial charge is 0.255 e. The van der Waals surface area contributed by atoms with Crippen LogP contribution in [0.25, 0.3) is 11.9 Å². The van der Waals surface area contributed by atoms with Gasteiger partial charge in [-0.05, 0) is 89.8 Å². The number of benzene rings is 2. The normalized spacial score (nSPS) is 11.3. The molecule has 0 saturated carbocycles. The number of aromatic nitrogens is 5. The highest BCUT2D eigenvalue weighted by molar-refractivity contribution is 9.10. The molecule has 0 fully saturated rings. The molecule has 9 heteroatoms. The van der Waals surface area contributed by atoms with Gasteiger partial charge in [0, 0.05) is 28.8 Å².